The summed E-state index contributed by atoms with van der Waals surface area (Å²) in [6, 6.07) is 6.09. The molecule has 166 valence electrons. The van der Waals surface area contributed by atoms with Crippen molar-refractivity contribution in [1.82, 2.24) is 15.1 Å². The summed E-state index contributed by atoms with van der Waals surface area (Å²) >= 11 is 0. The molecule has 30 heavy (non-hydrogen) atoms. The van der Waals surface area contributed by atoms with Gasteiger partial charge >= 0.3 is 0 Å². The van der Waals surface area contributed by atoms with E-state index in [2.05, 4.69) is 29.0 Å². The highest BCUT2D eigenvalue weighted by atomic mass is 19.1. The molecule has 1 aromatic carbocycles. The van der Waals surface area contributed by atoms with E-state index in [1.54, 1.807) is 12.1 Å². The molecule has 1 aromatic rings. The number of carbonyl (C=O) groups excluding carboxylic acids is 1. The second-order valence-corrected chi connectivity index (χ2v) is 9.46. The Balaban J connectivity index is 1.26. The summed E-state index contributed by atoms with van der Waals surface area (Å²) in [5.74, 6) is -0.302. The van der Waals surface area contributed by atoms with Crippen molar-refractivity contribution in [3.8, 4) is 5.75 Å². The number of ether oxygens (including phenoxy) is 1. The molecule has 2 heterocycles. The molecule has 0 spiro atoms. The van der Waals surface area contributed by atoms with E-state index in [-0.39, 0.29) is 23.6 Å². The van der Waals surface area contributed by atoms with Gasteiger partial charge < -0.3 is 19.9 Å². The lowest BCUT2D eigenvalue weighted by Crippen LogP contribution is -2.49. The zero-order valence-electron chi connectivity index (χ0n) is 18.4. The smallest absolute Gasteiger partial charge is 0.254 e. The first-order chi connectivity index (χ1) is 14.5. The van der Waals surface area contributed by atoms with Crippen LogP contribution in [-0.2, 0) is 0 Å². The Morgan fingerprint density at radius 2 is 1.77 bits per heavy atom. The summed E-state index contributed by atoms with van der Waals surface area (Å²) in [5, 5.41) is 3.04. The third kappa shape index (κ3) is 5.14. The molecule has 3 fully saturated rings. The number of benzene rings is 1. The maximum absolute atomic E-state index is 14.6. The number of hydrogen-bond donors (Lipinski definition) is 1. The van der Waals surface area contributed by atoms with Crippen LogP contribution >= 0.6 is 0 Å². The summed E-state index contributed by atoms with van der Waals surface area (Å²) in [7, 11) is 0. The Hall–Kier alpha value is -1.66. The number of carbonyl (C=O) groups is 1. The van der Waals surface area contributed by atoms with Gasteiger partial charge in [0.2, 0.25) is 0 Å². The zero-order chi connectivity index (χ0) is 21.1. The number of likely N-dealkylation sites (tertiary alicyclic amines) is 2. The summed E-state index contributed by atoms with van der Waals surface area (Å²) in [6.07, 6.45) is 7.86. The van der Waals surface area contributed by atoms with Crippen LogP contribution in [0.2, 0.25) is 0 Å². The van der Waals surface area contributed by atoms with Crippen LogP contribution in [0.15, 0.2) is 18.2 Å². The Kier molecular flexibility index (Phi) is 6.94. The van der Waals surface area contributed by atoms with Crippen molar-refractivity contribution in [3.63, 3.8) is 0 Å². The van der Waals surface area contributed by atoms with Crippen LogP contribution in [0.4, 0.5) is 4.39 Å². The van der Waals surface area contributed by atoms with Crippen molar-refractivity contribution >= 4 is 5.91 Å². The Morgan fingerprint density at radius 3 is 2.33 bits per heavy atom. The SMILES string of the molecule is CC(C)N1CCC(Oc2ccc(C(=O)NC3CCN(C4CCC4)CC3)c(F)c2)CC1. The fraction of sp³-hybridized carbons (Fsp3) is 0.708. The number of nitrogens with zero attached hydrogens (tertiary/aromatic N) is 2. The number of rotatable bonds is 6. The first-order valence-electron chi connectivity index (χ1n) is 11.7. The highest BCUT2D eigenvalue weighted by molar-refractivity contribution is 5.94. The van der Waals surface area contributed by atoms with Crippen LogP contribution in [0.1, 0.15) is 69.2 Å². The van der Waals surface area contributed by atoms with E-state index in [1.165, 1.54) is 25.3 Å². The number of amides is 1. The van der Waals surface area contributed by atoms with Gasteiger partial charge in [0.05, 0.1) is 5.56 Å². The summed E-state index contributed by atoms with van der Waals surface area (Å²) in [5.41, 5.74) is 0.110. The van der Waals surface area contributed by atoms with E-state index in [0.717, 1.165) is 57.9 Å². The Bertz CT molecular complexity index is 721. The van der Waals surface area contributed by atoms with Crippen molar-refractivity contribution in [2.75, 3.05) is 26.2 Å². The average molecular weight is 418 g/mol. The van der Waals surface area contributed by atoms with Gasteiger partial charge in [0.1, 0.15) is 17.7 Å². The van der Waals surface area contributed by atoms with Crippen molar-refractivity contribution in [1.29, 1.82) is 0 Å². The van der Waals surface area contributed by atoms with E-state index >= 15 is 0 Å². The fourth-order valence-corrected chi connectivity index (χ4v) is 4.88. The second kappa shape index (κ2) is 9.65. The first-order valence-corrected chi connectivity index (χ1v) is 11.7. The molecular formula is C24H36FN3O2. The van der Waals surface area contributed by atoms with Gasteiger partial charge in [0.15, 0.2) is 0 Å². The lowest BCUT2D eigenvalue weighted by Gasteiger charge is -2.41. The van der Waals surface area contributed by atoms with Crippen LogP contribution in [0.3, 0.4) is 0 Å². The topological polar surface area (TPSA) is 44.8 Å². The molecule has 3 aliphatic rings. The van der Waals surface area contributed by atoms with Gasteiger partial charge in [-0.2, -0.15) is 0 Å². The Labute approximate surface area is 179 Å². The number of hydrogen-bond acceptors (Lipinski definition) is 4. The van der Waals surface area contributed by atoms with Gasteiger partial charge in [-0.05, 0) is 64.5 Å². The van der Waals surface area contributed by atoms with Crippen molar-refractivity contribution in [3.05, 3.63) is 29.6 Å². The molecular weight excluding hydrogens is 381 g/mol. The van der Waals surface area contributed by atoms with Crippen molar-refractivity contribution in [2.24, 2.45) is 0 Å². The molecule has 2 aliphatic heterocycles. The molecule has 2 saturated heterocycles. The van der Waals surface area contributed by atoms with Crippen molar-refractivity contribution in [2.45, 2.75) is 83.0 Å². The monoisotopic (exact) mass is 417 g/mol. The predicted molar refractivity (Wildman–Crippen MR) is 116 cm³/mol. The summed E-state index contributed by atoms with van der Waals surface area (Å²) in [4.78, 5) is 17.6. The minimum Gasteiger partial charge on any atom is -0.490 e. The van der Waals surface area contributed by atoms with Gasteiger partial charge in [0.25, 0.3) is 5.91 Å². The van der Waals surface area contributed by atoms with Gasteiger partial charge in [-0.3, -0.25) is 4.79 Å². The van der Waals surface area contributed by atoms with Crippen LogP contribution in [0.25, 0.3) is 0 Å². The molecule has 1 saturated carbocycles. The largest absolute Gasteiger partial charge is 0.490 e. The van der Waals surface area contributed by atoms with Gasteiger partial charge in [-0.1, -0.05) is 6.42 Å². The van der Waals surface area contributed by atoms with Crippen LogP contribution in [0.5, 0.6) is 5.75 Å². The van der Waals surface area contributed by atoms with Crippen molar-refractivity contribution < 1.29 is 13.9 Å². The minimum absolute atomic E-state index is 0.110. The summed E-state index contributed by atoms with van der Waals surface area (Å²) < 4.78 is 20.6. The molecule has 1 amide bonds. The van der Waals surface area contributed by atoms with Gasteiger partial charge in [-0.25, -0.2) is 4.39 Å². The minimum atomic E-state index is -0.503. The van der Waals surface area contributed by atoms with E-state index in [9.17, 15) is 9.18 Å². The molecule has 6 heteroatoms. The normalized spacial score (nSPS) is 22.8. The third-order valence-corrected chi connectivity index (χ3v) is 7.15. The highest BCUT2D eigenvalue weighted by Crippen LogP contribution is 2.27. The fourth-order valence-electron chi connectivity index (χ4n) is 4.88. The molecule has 5 nitrogen and oxygen atoms in total. The van der Waals surface area contributed by atoms with Gasteiger partial charge in [-0.15, -0.1) is 0 Å². The standard InChI is InChI=1S/C24H36FN3O2/c1-17(2)27-14-10-20(11-15-27)30-21-6-7-22(23(25)16-21)24(29)26-18-8-12-28(13-9-18)19-4-3-5-19/h6-7,16-20H,3-5,8-15H2,1-2H3,(H,26,29). The molecule has 1 aliphatic carbocycles. The van der Waals surface area contributed by atoms with E-state index in [1.807, 2.05) is 0 Å². The number of nitrogens with one attached hydrogen (secondary N) is 1. The van der Waals surface area contributed by atoms with Crippen LogP contribution < -0.4 is 10.1 Å². The highest BCUT2D eigenvalue weighted by Gasteiger charge is 2.29. The quantitative estimate of drug-likeness (QED) is 0.764. The molecule has 0 unspecified atom stereocenters. The average Bonchev–Trinajstić information content (AvgIpc) is 2.68. The Morgan fingerprint density at radius 1 is 1.07 bits per heavy atom. The third-order valence-electron chi connectivity index (χ3n) is 7.15. The number of halogens is 1. The van der Waals surface area contributed by atoms with E-state index in [0.29, 0.717) is 11.8 Å². The maximum atomic E-state index is 14.6. The number of piperidine rings is 2. The maximum Gasteiger partial charge on any atom is 0.254 e. The predicted octanol–water partition coefficient (Wildman–Crippen LogP) is 3.82. The second-order valence-electron chi connectivity index (χ2n) is 9.46. The molecule has 4 rings (SSSR count). The molecule has 0 radical (unpaired) electrons. The van der Waals surface area contributed by atoms with Crippen LogP contribution in [0, 0.1) is 5.82 Å². The molecule has 0 aromatic heterocycles. The zero-order valence-corrected chi connectivity index (χ0v) is 18.4. The van der Waals surface area contributed by atoms with Crippen LogP contribution in [-0.4, -0.2) is 66.1 Å². The summed E-state index contributed by atoms with van der Waals surface area (Å²) in [6.45, 7) is 8.48. The van der Waals surface area contributed by atoms with Gasteiger partial charge in [0, 0.05) is 50.4 Å². The molecule has 1 N–H and O–H groups in total. The lowest BCUT2D eigenvalue weighted by atomic mass is 9.89. The molecule has 0 bridgehead atoms. The van der Waals surface area contributed by atoms with E-state index < -0.39 is 5.82 Å². The van der Waals surface area contributed by atoms with E-state index in [4.69, 9.17) is 4.74 Å². The lowest BCUT2D eigenvalue weighted by molar-refractivity contribution is 0.0797. The molecule has 0 atom stereocenters. The first kappa shape index (κ1) is 21.6.